The molecule has 0 unspecified atom stereocenters. The van der Waals surface area contributed by atoms with Crippen LogP contribution in [0.1, 0.15) is 52.1 Å². The molecule has 0 saturated carbocycles. The first-order valence-electron chi connectivity index (χ1n) is 27.5. The van der Waals surface area contributed by atoms with Crippen LogP contribution in [-0.4, -0.2) is 94.6 Å². The van der Waals surface area contributed by atoms with Crippen LogP contribution >= 0.6 is 0 Å². The van der Waals surface area contributed by atoms with Crippen LogP contribution < -0.4 is 9.47 Å². The third kappa shape index (κ3) is 15.1. The topological polar surface area (TPSA) is 175 Å². The number of carboxylic acids is 1. The number of likely N-dealkylation sites (tertiary alicyclic amines) is 2. The maximum Gasteiger partial charge on any atom is 0.311 e. The van der Waals surface area contributed by atoms with E-state index in [0.717, 1.165) is 67.8 Å². The average Bonchev–Trinajstić information content (AvgIpc) is 4.28. The van der Waals surface area contributed by atoms with Crippen molar-refractivity contribution in [3.63, 3.8) is 0 Å². The first-order chi connectivity index (χ1) is 39.0. The SMILES string of the molecule is CCOC(=O)[C@H]1CN(C(=O)Cc2ccccc2)C[C@H]1Cc1cccc(OCCc2nc(-c3ccccc3)oc2C)c1.Cc1oc(-c2ccccc2)nc1CCOc1cccc(C[C@@H]2CN(C(=O)Cc3ccccc3)C[C@@H]2C(=O)O)c1. The maximum atomic E-state index is 13.1. The minimum Gasteiger partial charge on any atom is -0.493 e. The highest BCUT2D eigenvalue weighted by Crippen LogP contribution is 2.32. The number of amides is 2. The van der Waals surface area contributed by atoms with Gasteiger partial charge in [0.2, 0.25) is 23.6 Å². The number of aryl methyl sites for hydroxylation is 2. The second-order valence-electron chi connectivity index (χ2n) is 20.4. The van der Waals surface area contributed by atoms with Gasteiger partial charge in [-0.1, -0.05) is 121 Å². The van der Waals surface area contributed by atoms with Gasteiger partial charge in [-0.3, -0.25) is 19.2 Å². The van der Waals surface area contributed by atoms with E-state index in [2.05, 4.69) is 9.97 Å². The molecule has 0 bridgehead atoms. The van der Waals surface area contributed by atoms with E-state index < -0.39 is 11.9 Å². The van der Waals surface area contributed by atoms with Crippen LogP contribution in [0.3, 0.4) is 0 Å². The number of rotatable bonds is 21. The number of carbonyl (C=O) groups excluding carboxylic acids is 3. The molecule has 10 rings (SSSR count). The van der Waals surface area contributed by atoms with Crippen molar-refractivity contribution in [3.05, 3.63) is 215 Å². The molecule has 80 heavy (non-hydrogen) atoms. The number of oxazole rings is 2. The van der Waals surface area contributed by atoms with E-state index in [-0.39, 0.29) is 48.5 Å². The number of hydrogen-bond acceptors (Lipinski definition) is 11. The number of esters is 1. The minimum atomic E-state index is -0.861. The summed E-state index contributed by atoms with van der Waals surface area (Å²) in [7, 11) is 0. The Morgan fingerprint density at radius 1 is 0.525 bits per heavy atom. The quantitative estimate of drug-likeness (QED) is 0.0675. The van der Waals surface area contributed by atoms with Crippen LogP contribution in [0.2, 0.25) is 0 Å². The Morgan fingerprint density at radius 3 is 1.35 bits per heavy atom. The number of nitrogens with zero attached hydrogens (tertiary/aromatic N) is 4. The third-order valence-corrected chi connectivity index (χ3v) is 14.7. The number of benzene rings is 6. The molecule has 0 radical (unpaired) electrons. The summed E-state index contributed by atoms with van der Waals surface area (Å²) in [5.74, 6) is 2.02. The lowest BCUT2D eigenvalue weighted by atomic mass is 9.89. The van der Waals surface area contributed by atoms with Crippen molar-refractivity contribution in [2.75, 3.05) is 46.0 Å². The summed E-state index contributed by atoms with van der Waals surface area (Å²) in [4.78, 5) is 63.6. The van der Waals surface area contributed by atoms with Crippen molar-refractivity contribution in [1.29, 1.82) is 0 Å². The second kappa shape index (κ2) is 27.2. The second-order valence-corrected chi connectivity index (χ2v) is 20.4. The third-order valence-electron chi connectivity index (χ3n) is 14.7. The number of carbonyl (C=O) groups is 4. The molecule has 1 N–H and O–H groups in total. The summed E-state index contributed by atoms with van der Waals surface area (Å²) in [6.45, 7) is 8.44. The predicted octanol–water partition coefficient (Wildman–Crippen LogP) is 10.9. The molecule has 2 saturated heterocycles. The summed E-state index contributed by atoms with van der Waals surface area (Å²) < 4.78 is 29.2. The molecule has 0 aliphatic carbocycles. The van der Waals surface area contributed by atoms with Crippen LogP contribution in [0.5, 0.6) is 11.5 Å². The molecule has 4 heterocycles. The van der Waals surface area contributed by atoms with Crippen molar-refractivity contribution in [2.24, 2.45) is 23.7 Å². The fourth-order valence-corrected chi connectivity index (χ4v) is 10.5. The molecule has 2 fully saturated rings. The van der Waals surface area contributed by atoms with Gasteiger partial charge in [-0.2, -0.15) is 0 Å². The van der Waals surface area contributed by atoms with Crippen LogP contribution in [0, 0.1) is 37.5 Å². The van der Waals surface area contributed by atoms with Gasteiger partial charge in [0.1, 0.15) is 23.0 Å². The normalized spacial score (nSPS) is 16.6. The summed E-state index contributed by atoms with van der Waals surface area (Å²) in [6.07, 6.45) is 3.04. The van der Waals surface area contributed by atoms with E-state index in [1.807, 2.05) is 196 Å². The molecule has 2 aromatic heterocycles. The van der Waals surface area contributed by atoms with Gasteiger partial charge in [0.25, 0.3) is 0 Å². The van der Waals surface area contributed by atoms with Crippen LogP contribution in [0.4, 0.5) is 0 Å². The fraction of sp³-hybridized carbons (Fsp3) is 0.303. The van der Waals surface area contributed by atoms with E-state index in [0.29, 0.717) is 83.3 Å². The first kappa shape index (κ1) is 56.0. The molecular weight excluding hydrogens is 1010 g/mol. The summed E-state index contributed by atoms with van der Waals surface area (Å²) >= 11 is 0. The van der Waals surface area contributed by atoms with Crippen LogP contribution in [0.15, 0.2) is 179 Å². The van der Waals surface area contributed by atoms with Crippen molar-refractivity contribution in [3.8, 4) is 34.4 Å². The highest BCUT2D eigenvalue weighted by atomic mass is 16.5. The zero-order valence-electron chi connectivity index (χ0n) is 45.6. The smallest absolute Gasteiger partial charge is 0.311 e. The van der Waals surface area contributed by atoms with Gasteiger partial charge in [0.15, 0.2) is 0 Å². The molecule has 8 aromatic rings. The van der Waals surface area contributed by atoms with Gasteiger partial charge in [0, 0.05) is 50.1 Å². The van der Waals surface area contributed by atoms with Gasteiger partial charge in [0.05, 0.1) is 55.9 Å². The van der Waals surface area contributed by atoms with Gasteiger partial charge >= 0.3 is 11.9 Å². The van der Waals surface area contributed by atoms with E-state index in [1.54, 1.807) is 4.90 Å². The average molecular weight is 1080 g/mol. The van der Waals surface area contributed by atoms with Crippen molar-refractivity contribution in [1.82, 2.24) is 19.8 Å². The summed E-state index contributed by atoms with van der Waals surface area (Å²) in [6, 6.07) is 54.6. The van der Waals surface area contributed by atoms with E-state index in [9.17, 15) is 24.3 Å². The molecule has 6 aromatic carbocycles. The number of aromatic nitrogens is 2. The number of aliphatic carboxylic acids is 1. The van der Waals surface area contributed by atoms with Crippen molar-refractivity contribution >= 4 is 23.8 Å². The zero-order valence-corrected chi connectivity index (χ0v) is 45.6. The Balaban J connectivity index is 0.000000194. The Kier molecular flexibility index (Phi) is 19.0. The largest absolute Gasteiger partial charge is 0.493 e. The molecule has 2 aliphatic heterocycles. The summed E-state index contributed by atoms with van der Waals surface area (Å²) in [5, 5.41) is 9.85. The Morgan fingerprint density at radius 2 is 0.925 bits per heavy atom. The van der Waals surface area contributed by atoms with Crippen LogP contribution in [0.25, 0.3) is 22.9 Å². The van der Waals surface area contributed by atoms with Crippen molar-refractivity contribution in [2.45, 2.75) is 59.3 Å². The fourth-order valence-electron chi connectivity index (χ4n) is 10.5. The molecule has 0 spiro atoms. The molecule has 412 valence electrons. The number of carboxylic acid groups (broad SMARTS) is 1. The van der Waals surface area contributed by atoms with Crippen LogP contribution in [-0.2, 0) is 62.4 Å². The lowest BCUT2D eigenvalue weighted by molar-refractivity contribution is -0.149. The molecule has 2 amide bonds. The number of hydrogen-bond donors (Lipinski definition) is 1. The molecule has 4 atom stereocenters. The predicted molar refractivity (Wildman–Crippen MR) is 304 cm³/mol. The highest BCUT2D eigenvalue weighted by Gasteiger charge is 2.41. The van der Waals surface area contributed by atoms with Crippen molar-refractivity contribution < 1.29 is 47.3 Å². The van der Waals surface area contributed by atoms with Gasteiger partial charge in [-0.05, 0) is 116 Å². The van der Waals surface area contributed by atoms with Gasteiger partial charge in [-0.25, -0.2) is 9.97 Å². The van der Waals surface area contributed by atoms with E-state index in [4.69, 9.17) is 23.0 Å². The zero-order chi connectivity index (χ0) is 55.8. The molecule has 14 nitrogen and oxygen atoms in total. The minimum absolute atomic E-state index is 0.0294. The van der Waals surface area contributed by atoms with E-state index >= 15 is 0 Å². The Labute approximate surface area is 467 Å². The first-order valence-corrected chi connectivity index (χ1v) is 27.5. The number of ether oxygens (including phenoxy) is 3. The Hall–Kier alpha value is -8.78. The molecule has 14 heteroatoms. The standard InChI is InChI=1S/C34H36N2O5.C32H32N2O5/c1-3-39-34(38)30-23-36(32(37)21-25-11-6-4-7-12-25)22-28(30)19-26-13-10-16-29(20-26)40-18-17-31-24(2)41-33(35-31)27-14-8-5-9-15-27;1-22-29(33-31(39-22)25-12-6-3-7-13-25)15-16-38-27-14-8-11-24(18-27)17-26-20-34(21-28(26)32(36)37)30(35)19-23-9-4-2-5-10-23/h4-16,20,28,30H,3,17-19,21-23H2,1-2H3;2-14,18,26,28H,15-17,19-21H2,1H3,(H,36,37)/t28-,30+;26-,28+/m11/s1. The molecular formula is C66H68N4O10. The van der Waals surface area contributed by atoms with Gasteiger partial charge in [-0.15, -0.1) is 0 Å². The Bertz CT molecular complexity index is 3310. The van der Waals surface area contributed by atoms with Gasteiger partial charge < -0.3 is 38.0 Å². The van der Waals surface area contributed by atoms with E-state index in [1.165, 1.54) is 0 Å². The lowest BCUT2D eigenvalue weighted by Gasteiger charge is -2.17. The maximum absolute atomic E-state index is 13.1. The monoisotopic (exact) mass is 1080 g/mol. The summed E-state index contributed by atoms with van der Waals surface area (Å²) in [5.41, 5.74) is 7.57. The molecule has 2 aliphatic rings. The highest BCUT2D eigenvalue weighted by molar-refractivity contribution is 5.82. The lowest BCUT2D eigenvalue weighted by Crippen LogP contribution is -2.31.